The van der Waals surface area contributed by atoms with Crippen molar-refractivity contribution in [2.24, 2.45) is 0 Å². The predicted molar refractivity (Wildman–Crippen MR) is 84.9 cm³/mol. The van der Waals surface area contributed by atoms with Crippen molar-refractivity contribution in [2.45, 2.75) is 45.6 Å². The molecular formula is C16H21N5. The van der Waals surface area contributed by atoms with Gasteiger partial charge in [-0.2, -0.15) is 10.1 Å². The minimum absolute atomic E-state index is 0.524. The second kappa shape index (κ2) is 6.08. The van der Waals surface area contributed by atoms with Gasteiger partial charge in [0.1, 0.15) is 0 Å². The highest BCUT2D eigenvalue weighted by atomic mass is 15.3. The van der Waals surface area contributed by atoms with Crippen molar-refractivity contribution >= 4 is 17.5 Å². The van der Waals surface area contributed by atoms with Crippen LogP contribution >= 0.6 is 0 Å². The number of aryl methyl sites for hydroxylation is 2. The zero-order valence-corrected chi connectivity index (χ0v) is 12.6. The predicted octanol–water partition coefficient (Wildman–Crippen LogP) is 3.59. The number of nitrogens with one attached hydrogen (secondary N) is 2. The van der Waals surface area contributed by atoms with Gasteiger partial charge in [-0.15, -0.1) is 5.10 Å². The summed E-state index contributed by atoms with van der Waals surface area (Å²) >= 11 is 0. The fraction of sp³-hybridized carbons (Fsp3) is 0.438. The maximum absolute atomic E-state index is 4.50. The van der Waals surface area contributed by atoms with Gasteiger partial charge in [0.25, 0.3) is 0 Å². The molecule has 0 amide bonds. The summed E-state index contributed by atoms with van der Waals surface area (Å²) in [7, 11) is 0. The Morgan fingerprint density at radius 2 is 1.95 bits per heavy atom. The Labute approximate surface area is 125 Å². The van der Waals surface area contributed by atoms with Gasteiger partial charge in [0.15, 0.2) is 5.82 Å². The number of rotatable bonds is 4. The van der Waals surface area contributed by atoms with Crippen molar-refractivity contribution in [3.05, 3.63) is 35.5 Å². The van der Waals surface area contributed by atoms with Crippen LogP contribution in [0, 0.1) is 13.8 Å². The maximum atomic E-state index is 4.50. The van der Waals surface area contributed by atoms with Gasteiger partial charge in [0.2, 0.25) is 5.95 Å². The number of anilines is 3. The third-order valence-electron chi connectivity index (χ3n) is 3.89. The Morgan fingerprint density at radius 3 is 2.71 bits per heavy atom. The Morgan fingerprint density at radius 1 is 1.14 bits per heavy atom. The first kappa shape index (κ1) is 13.8. The van der Waals surface area contributed by atoms with Gasteiger partial charge in [-0.05, 0) is 38.3 Å². The molecular weight excluding hydrogens is 262 g/mol. The molecule has 5 heteroatoms. The van der Waals surface area contributed by atoms with E-state index < -0.39 is 0 Å². The molecule has 0 saturated heterocycles. The summed E-state index contributed by atoms with van der Waals surface area (Å²) in [6.45, 7) is 4.16. The standard InChI is InChI=1S/C16H21N5/c1-11-7-8-14(12(2)9-11)19-16-20-15(10-17-21-16)18-13-5-3-4-6-13/h7-10,13H,3-6H2,1-2H3,(H2,18,19,20,21). The fourth-order valence-corrected chi connectivity index (χ4v) is 2.78. The lowest BCUT2D eigenvalue weighted by Crippen LogP contribution is -2.16. The quantitative estimate of drug-likeness (QED) is 0.898. The van der Waals surface area contributed by atoms with Crippen molar-refractivity contribution in [3.63, 3.8) is 0 Å². The van der Waals surface area contributed by atoms with E-state index in [-0.39, 0.29) is 0 Å². The highest BCUT2D eigenvalue weighted by Crippen LogP contribution is 2.22. The lowest BCUT2D eigenvalue weighted by Gasteiger charge is -2.13. The van der Waals surface area contributed by atoms with Gasteiger partial charge in [0.05, 0.1) is 6.20 Å². The van der Waals surface area contributed by atoms with Crippen molar-refractivity contribution < 1.29 is 0 Å². The molecule has 0 unspecified atom stereocenters. The van der Waals surface area contributed by atoms with Gasteiger partial charge in [-0.1, -0.05) is 30.5 Å². The molecule has 1 aliphatic carbocycles. The number of benzene rings is 1. The van der Waals surface area contributed by atoms with Crippen LogP contribution in [0.4, 0.5) is 17.5 Å². The molecule has 0 bridgehead atoms. The third-order valence-corrected chi connectivity index (χ3v) is 3.89. The Bertz CT molecular complexity index is 620. The summed E-state index contributed by atoms with van der Waals surface area (Å²) in [5.74, 6) is 1.33. The first-order valence-corrected chi connectivity index (χ1v) is 7.51. The lowest BCUT2D eigenvalue weighted by atomic mass is 10.1. The molecule has 0 atom stereocenters. The van der Waals surface area contributed by atoms with E-state index in [9.17, 15) is 0 Å². The van der Waals surface area contributed by atoms with Gasteiger partial charge < -0.3 is 10.6 Å². The Hall–Kier alpha value is -2.17. The molecule has 1 heterocycles. The van der Waals surface area contributed by atoms with Gasteiger partial charge in [-0.3, -0.25) is 0 Å². The summed E-state index contributed by atoms with van der Waals surface area (Å²) in [6.07, 6.45) is 6.70. The van der Waals surface area contributed by atoms with Gasteiger partial charge in [-0.25, -0.2) is 0 Å². The summed E-state index contributed by atoms with van der Waals surface area (Å²) in [4.78, 5) is 4.50. The minimum Gasteiger partial charge on any atom is -0.366 e. The average molecular weight is 283 g/mol. The second-order valence-corrected chi connectivity index (χ2v) is 5.73. The molecule has 1 fully saturated rings. The molecule has 1 saturated carbocycles. The Kier molecular flexibility index (Phi) is 3.99. The second-order valence-electron chi connectivity index (χ2n) is 5.73. The topological polar surface area (TPSA) is 62.7 Å². The van der Waals surface area contributed by atoms with E-state index >= 15 is 0 Å². The molecule has 1 aromatic carbocycles. The van der Waals surface area contributed by atoms with Crippen LogP contribution in [-0.4, -0.2) is 21.2 Å². The van der Waals surface area contributed by atoms with Crippen molar-refractivity contribution in [1.82, 2.24) is 15.2 Å². The van der Waals surface area contributed by atoms with Crippen LogP contribution < -0.4 is 10.6 Å². The molecule has 0 radical (unpaired) electrons. The van der Waals surface area contributed by atoms with Crippen LogP contribution in [0.5, 0.6) is 0 Å². The van der Waals surface area contributed by atoms with Crippen LogP contribution in [0.1, 0.15) is 36.8 Å². The number of nitrogens with zero attached hydrogens (tertiary/aromatic N) is 3. The van der Waals surface area contributed by atoms with Crippen LogP contribution in [0.15, 0.2) is 24.4 Å². The van der Waals surface area contributed by atoms with Crippen LogP contribution in [0.2, 0.25) is 0 Å². The van der Waals surface area contributed by atoms with Gasteiger partial charge in [0, 0.05) is 11.7 Å². The van der Waals surface area contributed by atoms with E-state index in [0.717, 1.165) is 11.5 Å². The van der Waals surface area contributed by atoms with E-state index in [1.165, 1.54) is 36.8 Å². The summed E-state index contributed by atoms with van der Waals surface area (Å²) in [6, 6.07) is 6.78. The normalized spacial score (nSPS) is 15.1. The molecule has 1 aliphatic rings. The van der Waals surface area contributed by atoms with E-state index in [4.69, 9.17) is 0 Å². The third kappa shape index (κ3) is 3.48. The first-order chi connectivity index (χ1) is 10.2. The molecule has 0 aliphatic heterocycles. The summed E-state index contributed by atoms with van der Waals surface area (Å²) < 4.78 is 0. The molecule has 21 heavy (non-hydrogen) atoms. The smallest absolute Gasteiger partial charge is 0.249 e. The molecule has 2 aromatic rings. The SMILES string of the molecule is Cc1ccc(Nc2nncc(NC3CCCC3)n2)c(C)c1. The highest BCUT2D eigenvalue weighted by Gasteiger charge is 2.15. The number of hydrogen-bond donors (Lipinski definition) is 2. The van der Waals surface area contributed by atoms with E-state index in [2.05, 4.69) is 51.8 Å². The molecule has 110 valence electrons. The maximum Gasteiger partial charge on any atom is 0.249 e. The highest BCUT2D eigenvalue weighted by molar-refractivity contribution is 5.59. The first-order valence-electron chi connectivity index (χ1n) is 7.51. The van der Waals surface area contributed by atoms with E-state index in [1.807, 2.05) is 6.07 Å². The molecule has 2 N–H and O–H groups in total. The van der Waals surface area contributed by atoms with Crippen molar-refractivity contribution in [2.75, 3.05) is 10.6 Å². The number of aromatic nitrogens is 3. The zero-order valence-electron chi connectivity index (χ0n) is 12.6. The van der Waals surface area contributed by atoms with Crippen molar-refractivity contribution in [3.8, 4) is 0 Å². The molecule has 1 aromatic heterocycles. The zero-order chi connectivity index (χ0) is 14.7. The van der Waals surface area contributed by atoms with Crippen molar-refractivity contribution in [1.29, 1.82) is 0 Å². The van der Waals surface area contributed by atoms with Crippen LogP contribution in [0.25, 0.3) is 0 Å². The molecule has 0 spiro atoms. The molecule has 5 nitrogen and oxygen atoms in total. The number of hydrogen-bond acceptors (Lipinski definition) is 5. The minimum atomic E-state index is 0.524. The van der Waals surface area contributed by atoms with E-state index in [1.54, 1.807) is 6.20 Å². The monoisotopic (exact) mass is 283 g/mol. The Balaban J connectivity index is 1.73. The lowest BCUT2D eigenvalue weighted by molar-refractivity contribution is 0.747. The van der Waals surface area contributed by atoms with Crippen LogP contribution in [-0.2, 0) is 0 Å². The van der Waals surface area contributed by atoms with Gasteiger partial charge >= 0.3 is 0 Å². The average Bonchev–Trinajstić information content (AvgIpc) is 2.95. The fourth-order valence-electron chi connectivity index (χ4n) is 2.78. The summed E-state index contributed by atoms with van der Waals surface area (Å²) in [5.41, 5.74) is 3.43. The van der Waals surface area contributed by atoms with E-state index in [0.29, 0.717) is 12.0 Å². The van der Waals surface area contributed by atoms with Crippen LogP contribution in [0.3, 0.4) is 0 Å². The molecule has 3 rings (SSSR count). The summed E-state index contributed by atoms with van der Waals surface area (Å²) in [5, 5.41) is 14.8. The largest absolute Gasteiger partial charge is 0.366 e.